The molecule has 0 saturated heterocycles. The maximum atomic E-state index is 9.83. The van der Waals surface area contributed by atoms with Crippen molar-refractivity contribution >= 4 is 0 Å². The molecule has 0 saturated carbocycles. The van der Waals surface area contributed by atoms with E-state index in [0.29, 0.717) is 5.75 Å². The molecule has 0 aliphatic heterocycles. The molecule has 0 atom stereocenters. The molecule has 0 radical (unpaired) electrons. The summed E-state index contributed by atoms with van der Waals surface area (Å²) in [5.74, 6) is 0.380. The van der Waals surface area contributed by atoms with Crippen LogP contribution in [-0.4, -0.2) is 5.11 Å². The number of aromatic hydroxyl groups is 1. The van der Waals surface area contributed by atoms with Gasteiger partial charge in [-0.05, 0) is 35.4 Å². The van der Waals surface area contributed by atoms with Gasteiger partial charge in [0.05, 0.1) is 0 Å². The van der Waals surface area contributed by atoms with Crippen molar-refractivity contribution in [3.63, 3.8) is 0 Å². The minimum atomic E-state index is 0.178. The van der Waals surface area contributed by atoms with Crippen molar-refractivity contribution in [2.75, 3.05) is 0 Å². The van der Waals surface area contributed by atoms with Crippen molar-refractivity contribution in [2.24, 2.45) is 0 Å². The highest BCUT2D eigenvalue weighted by Crippen LogP contribution is 2.32. The van der Waals surface area contributed by atoms with Gasteiger partial charge in [-0.25, -0.2) is 0 Å². The van der Waals surface area contributed by atoms with E-state index < -0.39 is 0 Å². The number of unbranched alkanes of at least 4 members (excludes halogenated alkanes) is 3. The smallest absolute Gasteiger partial charge is 0.119 e. The third kappa shape index (κ3) is 4.74. The molecule has 0 fully saturated rings. The number of rotatable bonds is 8. The Balaban J connectivity index is 2.76. The largest absolute Gasteiger partial charge is 0.508 e. The Morgan fingerprint density at radius 3 is 2.58 bits per heavy atom. The Labute approximate surface area is 118 Å². The van der Waals surface area contributed by atoms with E-state index >= 15 is 0 Å². The number of allylic oxidation sites excluding steroid dienone is 1. The Hall–Kier alpha value is -1.24. The highest BCUT2D eigenvalue weighted by molar-refractivity contribution is 5.39. The van der Waals surface area contributed by atoms with Crippen molar-refractivity contribution in [1.82, 2.24) is 0 Å². The van der Waals surface area contributed by atoms with Crippen LogP contribution in [0, 0.1) is 0 Å². The summed E-state index contributed by atoms with van der Waals surface area (Å²) in [5, 5.41) is 9.83. The van der Waals surface area contributed by atoms with Crippen LogP contribution in [0.15, 0.2) is 30.9 Å². The standard InChI is InChI=1S/C18H28O/c1-5-7-8-9-13-18(3,4)16-11-12-17(19)15(14-16)10-6-2/h6,11-12,14,19H,2,5,7-10,13H2,1,3-4H3. The van der Waals surface area contributed by atoms with Crippen molar-refractivity contribution in [2.45, 2.75) is 64.7 Å². The topological polar surface area (TPSA) is 20.2 Å². The average Bonchev–Trinajstić information content (AvgIpc) is 2.37. The van der Waals surface area contributed by atoms with Crippen LogP contribution in [0.1, 0.15) is 64.0 Å². The van der Waals surface area contributed by atoms with E-state index in [4.69, 9.17) is 0 Å². The van der Waals surface area contributed by atoms with E-state index in [-0.39, 0.29) is 5.41 Å². The molecule has 0 aliphatic carbocycles. The Morgan fingerprint density at radius 2 is 1.95 bits per heavy atom. The highest BCUT2D eigenvalue weighted by atomic mass is 16.3. The van der Waals surface area contributed by atoms with Gasteiger partial charge >= 0.3 is 0 Å². The molecule has 0 unspecified atom stereocenters. The molecule has 1 rings (SSSR count). The van der Waals surface area contributed by atoms with Gasteiger partial charge in [-0.2, -0.15) is 0 Å². The van der Waals surface area contributed by atoms with Crippen LogP contribution in [0.3, 0.4) is 0 Å². The highest BCUT2D eigenvalue weighted by Gasteiger charge is 2.20. The quantitative estimate of drug-likeness (QED) is 0.492. The summed E-state index contributed by atoms with van der Waals surface area (Å²) in [6.45, 7) is 10.6. The lowest BCUT2D eigenvalue weighted by Crippen LogP contribution is -2.17. The van der Waals surface area contributed by atoms with Gasteiger partial charge in [0.1, 0.15) is 5.75 Å². The zero-order valence-electron chi connectivity index (χ0n) is 12.7. The van der Waals surface area contributed by atoms with Crippen molar-refractivity contribution in [3.05, 3.63) is 42.0 Å². The third-order valence-electron chi connectivity index (χ3n) is 3.88. The molecular weight excluding hydrogens is 232 g/mol. The number of phenols is 1. The first-order valence-corrected chi connectivity index (χ1v) is 7.44. The molecule has 0 aliphatic rings. The molecule has 0 amide bonds. The van der Waals surface area contributed by atoms with E-state index in [1.807, 2.05) is 12.1 Å². The molecule has 1 heteroatoms. The molecule has 19 heavy (non-hydrogen) atoms. The summed E-state index contributed by atoms with van der Waals surface area (Å²) in [6.07, 6.45) is 8.97. The number of hydrogen-bond donors (Lipinski definition) is 1. The first-order chi connectivity index (χ1) is 9.01. The number of hydrogen-bond acceptors (Lipinski definition) is 1. The SMILES string of the molecule is C=CCc1cc(C(C)(C)CCCCCC)ccc1O. The van der Waals surface area contributed by atoms with Crippen LogP contribution in [0.25, 0.3) is 0 Å². The van der Waals surface area contributed by atoms with Gasteiger partial charge in [0, 0.05) is 0 Å². The van der Waals surface area contributed by atoms with Gasteiger partial charge in [0.2, 0.25) is 0 Å². The zero-order chi connectivity index (χ0) is 14.3. The third-order valence-corrected chi connectivity index (χ3v) is 3.88. The average molecular weight is 260 g/mol. The lowest BCUT2D eigenvalue weighted by Gasteiger charge is -2.26. The van der Waals surface area contributed by atoms with Gasteiger partial charge in [-0.1, -0.05) is 64.7 Å². The van der Waals surface area contributed by atoms with Gasteiger partial charge in [-0.15, -0.1) is 6.58 Å². The zero-order valence-corrected chi connectivity index (χ0v) is 12.7. The molecule has 0 bridgehead atoms. The molecule has 1 aromatic carbocycles. The summed E-state index contributed by atoms with van der Waals surface area (Å²) < 4.78 is 0. The van der Waals surface area contributed by atoms with Crippen molar-refractivity contribution in [3.8, 4) is 5.75 Å². The molecule has 0 spiro atoms. The minimum absolute atomic E-state index is 0.178. The van der Waals surface area contributed by atoms with Gasteiger partial charge in [-0.3, -0.25) is 0 Å². The lowest BCUT2D eigenvalue weighted by atomic mass is 9.79. The fourth-order valence-corrected chi connectivity index (χ4v) is 2.46. The van der Waals surface area contributed by atoms with Crippen LogP contribution in [0.4, 0.5) is 0 Å². The molecular formula is C18H28O. The Kier molecular flexibility index (Phi) is 6.14. The molecule has 1 aromatic rings. The maximum Gasteiger partial charge on any atom is 0.119 e. The van der Waals surface area contributed by atoms with Crippen molar-refractivity contribution < 1.29 is 5.11 Å². The minimum Gasteiger partial charge on any atom is -0.508 e. The van der Waals surface area contributed by atoms with E-state index in [2.05, 4.69) is 39.5 Å². The normalized spacial score (nSPS) is 11.5. The van der Waals surface area contributed by atoms with Crippen LogP contribution in [0.2, 0.25) is 0 Å². The van der Waals surface area contributed by atoms with Crippen LogP contribution in [0.5, 0.6) is 5.75 Å². The summed E-state index contributed by atoms with van der Waals surface area (Å²) in [6, 6.07) is 6.01. The Morgan fingerprint density at radius 1 is 1.21 bits per heavy atom. The first kappa shape index (κ1) is 15.8. The molecule has 0 heterocycles. The molecule has 0 aromatic heterocycles. The van der Waals surface area contributed by atoms with Crippen LogP contribution >= 0.6 is 0 Å². The van der Waals surface area contributed by atoms with E-state index in [1.165, 1.54) is 37.7 Å². The summed E-state index contributed by atoms with van der Waals surface area (Å²) in [7, 11) is 0. The summed E-state index contributed by atoms with van der Waals surface area (Å²) in [5.41, 5.74) is 2.48. The fourth-order valence-electron chi connectivity index (χ4n) is 2.46. The van der Waals surface area contributed by atoms with Gasteiger partial charge < -0.3 is 5.11 Å². The van der Waals surface area contributed by atoms with Crippen LogP contribution < -0.4 is 0 Å². The molecule has 106 valence electrons. The second-order valence-electron chi connectivity index (χ2n) is 6.03. The summed E-state index contributed by atoms with van der Waals surface area (Å²) >= 11 is 0. The predicted molar refractivity (Wildman–Crippen MR) is 83.8 cm³/mol. The lowest BCUT2D eigenvalue weighted by molar-refractivity contribution is 0.441. The maximum absolute atomic E-state index is 9.83. The van der Waals surface area contributed by atoms with E-state index in [0.717, 1.165) is 12.0 Å². The first-order valence-electron chi connectivity index (χ1n) is 7.44. The Bertz CT molecular complexity index is 404. The molecule has 1 N–H and O–H groups in total. The van der Waals surface area contributed by atoms with E-state index in [9.17, 15) is 5.11 Å². The van der Waals surface area contributed by atoms with Gasteiger partial charge in [0.25, 0.3) is 0 Å². The van der Waals surface area contributed by atoms with Crippen LogP contribution in [-0.2, 0) is 11.8 Å². The predicted octanol–water partition coefficient (Wildman–Crippen LogP) is 5.37. The second kappa shape index (κ2) is 7.37. The number of benzene rings is 1. The van der Waals surface area contributed by atoms with Gasteiger partial charge in [0.15, 0.2) is 0 Å². The van der Waals surface area contributed by atoms with E-state index in [1.54, 1.807) is 0 Å². The fraction of sp³-hybridized carbons (Fsp3) is 0.556. The monoisotopic (exact) mass is 260 g/mol. The van der Waals surface area contributed by atoms with Crippen molar-refractivity contribution in [1.29, 1.82) is 0 Å². The number of phenolic OH excluding ortho intramolecular Hbond substituents is 1. The molecule has 1 nitrogen and oxygen atoms in total. The summed E-state index contributed by atoms with van der Waals surface area (Å²) in [4.78, 5) is 0. The second-order valence-corrected chi connectivity index (χ2v) is 6.03.